The third kappa shape index (κ3) is 3.45. The number of nitrogens with one attached hydrogen (secondary N) is 2. The summed E-state index contributed by atoms with van der Waals surface area (Å²) >= 11 is 0. The summed E-state index contributed by atoms with van der Waals surface area (Å²) in [4.78, 5) is 10.3. The fraction of sp³-hybridized carbons (Fsp3) is 0.833. The second-order valence-corrected chi connectivity index (χ2v) is 2.92. The third-order valence-corrected chi connectivity index (χ3v) is 1.78. The Bertz CT molecular complexity index is 244. The van der Waals surface area contributed by atoms with Gasteiger partial charge in [-0.25, -0.2) is 8.78 Å². The highest BCUT2D eigenvalue weighted by Gasteiger charge is 2.48. The monoisotopic (exact) mass is 254 g/mol. The molecule has 90 valence electrons. The molecular formula is C6H8ClF5N2O. The first-order chi connectivity index (χ1) is 6.23. The quantitative estimate of drug-likeness (QED) is 0.676. The van der Waals surface area contributed by atoms with Gasteiger partial charge in [0.15, 0.2) is 0 Å². The van der Waals surface area contributed by atoms with Gasteiger partial charge in [0.1, 0.15) is 6.04 Å². The molecule has 0 bridgehead atoms. The van der Waals surface area contributed by atoms with Crippen molar-refractivity contribution in [3.8, 4) is 0 Å². The van der Waals surface area contributed by atoms with Gasteiger partial charge in [0, 0.05) is 6.54 Å². The number of alkyl halides is 5. The minimum Gasteiger partial charge on any atom is -0.338 e. The lowest BCUT2D eigenvalue weighted by molar-refractivity contribution is -0.176. The van der Waals surface area contributed by atoms with Crippen LogP contribution in [0.5, 0.6) is 0 Å². The topological polar surface area (TPSA) is 41.1 Å². The molecule has 0 unspecified atom stereocenters. The molecule has 0 aromatic heterocycles. The van der Waals surface area contributed by atoms with Crippen molar-refractivity contribution in [2.24, 2.45) is 0 Å². The number of halogens is 6. The smallest absolute Gasteiger partial charge is 0.338 e. The standard InChI is InChI=1S/C6H7F5N2O.ClH/c7-5(8)2-12-1-3(5)13-4(14)6(9,10)11;/h3,12H,1-2H2,(H,13,14);1H/t3-;/m1./s1. The molecular weight excluding hydrogens is 247 g/mol. The van der Waals surface area contributed by atoms with Crippen LogP contribution >= 0.6 is 12.4 Å². The van der Waals surface area contributed by atoms with Gasteiger partial charge in [0.25, 0.3) is 5.92 Å². The van der Waals surface area contributed by atoms with Crippen LogP contribution in [-0.4, -0.2) is 37.1 Å². The van der Waals surface area contributed by atoms with Crippen molar-refractivity contribution in [1.29, 1.82) is 0 Å². The van der Waals surface area contributed by atoms with Gasteiger partial charge in [-0.3, -0.25) is 4.79 Å². The van der Waals surface area contributed by atoms with E-state index >= 15 is 0 Å². The average Bonchev–Trinajstić information content (AvgIpc) is 2.29. The molecule has 2 N–H and O–H groups in total. The van der Waals surface area contributed by atoms with Crippen molar-refractivity contribution in [3.63, 3.8) is 0 Å². The maximum absolute atomic E-state index is 12.7. The molecule has 15 heavy (non-hydrogen) atoms. The van der Waals surface area contributed by atoms with Gasteiger partial charge >= 0.3 is 12.1 Å². The Morgan fingerprint density at radius 1 is 1.40 bits per heavy atom. The Morgan fingerprint density at radius 2 is 1.93 bits per heavy atom. The summed E-state index contributed by atoms with van der Waals surface area (Å²) in [6, 6.07) is -1.79. The molecule has 0 spiro atoms. The van der Waals surface area contributed by atoms with E-state index in [0.717, 1.165) is 0 Å². The van der Waals surface area contributed by atoms with Gasteiger partial charge in [-0.1, -0.05) is 0 Å². The SMILES string of the molecule is Cl.O=C(N[C@@H]1CNCC1(F)F)C(F)(F)F. The number of amides is 1. The third-order valence-electron chi connectivity index (χ3n) is 1.78. The van der Waals surface area contributed by atoms with Gasteiger partial charge < -0.3 is 10.6 Å². The zero-order chi connectivity index (χ0) is 11.0. The van der Waals surface area contributed by atoms with E-state index in [4.69, 9.17) is 0 Å². The predicted octanol–water partition coefficient (Wildman–Crippen LogP) is 0.694. The summed E-state index contributed by atoms with van der Waals surface area (Å²) in [5.41, 5.74) is 0. The van der Waals surface area contributed by atoms with Crippen molar-refractivity contribution in [2.45, 2.75) is 18.1 Å². The van der Waals surface area contributed by atoms with Crippen LogP contribution in [0.4, 0.5) is 22.0 Å². The van der Waals surface area contributed by atoms with E-state index in [1.54, 1.807) is 0 Å². The highest BCUT2D eigenvalue weighted by Crippen LogP contribution is 2.23. The second-order valence-electron chi connectivity index (χ2n) is 2.92. The van der Waals surface area contributed by atoms with E-state index in [2.05, 4.69) is 5.32 Å². The maximum Gasteiger partial charge on any atom is 0.471 e. The first-order valence-corrected chi connectivity index (χ1v) is 3.70. The van der Waals surface area contributed by atoms with E-state index in [0.29, 0.717) is 0 Å². The lowest BCUT2D eigenvalue weighted by Gasteiger charge is -2.19. The molecule has 9 heteroatoms. The molecule has 1 aliphatic rings. The van der Waals surface area contributed by atoms with Gasteiger partial charge in [0.05, 0.1) is 6.54 Å². The molecule has 3 nitrogen and oxygen atoms in total. The Hall–Kier alpha value is -0.630. The summed E-state index contributed by atoms with van der Waals surface area (Å²) in [5, 5.41) is 3.42. The molecule has 1 amide bonds. The normalized spacial score (nSPS) is 24.5. The number of carbonyl (C=O) groups excluding carboxylic acids is 1. The molecule has 1 aliphatic heterocycles. The molecule has 0 aliphatic carbocycles. The molecule has 1 rings (SSSR count). The highest BCUT2D eigenvalue weighted by atomic mass is 35.5. The molecule has 0 saturated carbocycles. The molecule has 1 saturated heterocycles. The Balaban J connectivity index is 0.00000196. The van der Waals surface area contributed by atoms with Crippen LogP contribution in [0.15, 0.2) is 0 Å². The van der Waals surface area contributed by atoms with Crippen LogP contribution < -0.4 is 10.6 Å². The average molecular weight is 255 g/mol. The minimum absolute atomic E-state index is 0. The number of rotatable bonds is 1. The van der Waals surface area contributed by atoms with Gasteiger partial charge in [-0.15, -0.1) is 12.4 Å². The zero-order valence-electron chi connectivity index (χ0n) is 7.20. The molecule has 1 atom stereocenters. The predicted molar refractivity (Wildman–Crippen MR) is 43.1 cm³/mol. The first-order valence-electron chi connectivity index (χ1n) is 3.70. The lowest BCUT2D eigenvalue weighted by atomic mass is 10.2. The van der Waals surface area contributed by atoms with Crippen LogP contribution in [-0.2, 0) is 4.79 Å². The molecule has 0 aromatic carbocycles. The van der Waals surface area contributed by atoms with Crippen molar-refractivity contribution in [3.05, 3.63) is 0 Å². The van der Waals surface area contributed by atoms with Gasteiger partial charge in [-0.2, -0.15) is 13.2 Å². The number of hydrogen-bond donors (Lipinski definition) is 2. The van der Waals surface area contributed by atoms with E-state index in [-0.39, 0.29) is 19.0 Å². The summed E-state index contributed by atoms with van der Waals surface area (Å²) in [7, 11) is 0. The largest absolute Gasteiger partial charge is 0.471 e. The summed E-state index contributed by atoms with van der Waals surface area (Å²) in [6.07, 6.45) is -5.13. The first kappa shape index (κ1) is 14.4. The van der Waals surface area contributed by atoms with Crippen molar-refractivity contribution in [1.82, 2.24) is 10.6 Å². The Morgan fingerprint density at radius 3 is 2.27 bits per heavy atom. The van der Waals surface area contributed by atoms with Crippen molar-refractivity contribution >= 4 is 18.3 Å². The number of hydrogen-bond acceptors (Lipinski definition) is 2. The van der Waals surface area contributed by atoms with Crippen LogP contribution in [0.25, 0.3) is 0 Å². The number of carbonyl (C=O) groups is 1. The fourth-order valence-electron chi connectivity index (χ4n) is 1.05. The minimum atomic E-state index is -5.13. The van der Waals surface area contributed by atoms with Gasteiger partial charge in [-0.05, 0) is 0 Å². The van der Waals surface area contributed by atoms with Crippen LogP contribution in [0.3, 0.4) is 0 Å². The fourth-order valence-corrected chi connectivity index (χ4v) is 1.05. The second kappa shape index (κ2) is 4.48. The molecule has 0 aromatic rings. The van der Waals surface area contributed by atoms with E-state index in [1.807, 2.05) is 0 Å². The Labute approximate surface area is 87.8 Å². The van der Waals surface area contributed by atoms with E-state index in [9.17, 15) is 26.7 Å². The van der Waals surface area contributed by atoms with Crippen molar-refractivity contribution < 1.29 is 26.7 Å². The zero-order valence-corrected chi connectivity index (χ0v) is 8.01. The van der Waals surface area contributed by atoms with Gasteiger partial charge in [0.2, 0.25) is 0 Å². The summed E-state index contributed by atoms with van der Waals surface area (Å²) in [6.45, 7) is -1.09. The van der Waals surface area contributed by atoms with Crippen LogP contribution in [0.2, 0.25) is 0 Å². The maximum atomic E-state index is 12.7. The van der Waals surface area contributed by atoms with E-state index in [1.165, 1.54) is 5.32 Å². The summed E-state index contributed by atoms with van der Waals surface area (Å²) < 4.78 is 60.5. The lowest BCUT2D eigenvalue weighted by Crippen LogP contribution is -2.50. The van der Waals surface area contributed by atoms with E-state index < -0.39 is 30.6 Å². The molecule has 1 heterocycles. The summed E-state index contributed by atoms with van der Waals surface area (Å²) in [5.74, 6) is -5.67. The van der Waals surface area contributed by atoms with Crippen molar-refractivity contribution in [2.75, 3.05) is 13.1 Å². The van der Waals surface area contributed by atoms with Crippen LogP contribution in [0.1, 0.15) is 0 Å². The Kier molecular flexibility index (Phi) is 4.29. The molecule has 1 fully saturated rings. The van der Waals surface area contributed by atoms with Crippen LogP contribution in [0, 0.1) is 0 Å². The molecule has 0 radical (unpaired) electrons. The highest BCUT2D eigenvalue weighted by molar-refractivity contribution is 5.85.